The average Bonchev–Trinajstić information content (AvgIpc) is 3.01. The summed E-state index contributed by atoms with van der Waals surface area (Å²) < 4.78 is 0. The normalized spacial score (nSPS) is 12.1. The molecule has 1 unspecified atom stereocenters. The molecule has 8 heteroatoms. The molecular formula is C15H17N5O2S. The summed E-state index contributed by atoms with van der Waals surface area (Å²) >= 11 is 1.17. The largest absolute Gasteiger partial charge is 0.341 e. The number of hydrogen-bond acceptors (Lipinski definition) is 5. The first kappa shape index (κ1) is 16.8. The van der Waals surface area contributed by atoms with Gasteiger partial charge in [0.2, 0.25) is 11.1 Å². The molecular weight excluding hydrogens is 314 g/mol. The number of nitrogens with one attached hydrogen (secondary N) is 3. The summed E-state index contributed by atoms with van der Waals surface area (Å²) in [5, 5.41) is 11.3. The third-order valence-corrected chi connectivity index (χ3v) is 3.79. The van der Waals surface area contributed by atoms with Gasteiger partial charge in [-0.3, -0.25) is 15.2 Å². The van der Waals surface area contributed by atoms with Crippen LogP contribution in [0, 0.1) is 0 Å². The van der Waals surface area contributed by atoms with Gasteiger partial charge in [0, 0.05) is 7.05 Å². The van der Waals surface area contributed by atoms with Gasteiger partial charge < -0.3 is 5.32 Å². The lowest BCUT2D eigenvalue weighted by atomic mass is 10.2. The molecule has 0 spiro atoms. The van der Waals surface area contributed by atoms with Crippen molar-refractivity contribution in [3.05, 3.63) is 41.7 Å². The number of imide groups is 1. The standard InChI is InChI=1S/C15H17N5O2S/c1-10(13(21)18-14(22)16-2)23-15-17-12(19-20-15)9-8-11-6-4-3-5-7-11/h3-10H,1-2H3,(H,17,19,20)(H2,16,18,21,22)/b9-8+. The fourth-order valence-electron chi connectivity index (χ4n) is 1.61. The summed E-state index contributed by atoms with van der Waals surface area (Å²) in [6, 6.07) is 9.28. The van der Waals surface area contributed by atoms with Crippen LogP contribution < -0.4 is 10.6 Å². The molecule has 7 nitrogen and oxygen atoms in total. The molecule has 3 amide bonds. The average molecular weight is 331 g/mol. The molecule has 2 aromatic rings. The number of urea groups is 1. The number of thioether (sulfide) groups is 1. The minimum atomic E-state index is -0.538. The van der Waals surface area contributed by atoms with E-state index in [4.69, 9.17) is 0 Å². The highest BCUT2D eigenvalue weighted by Gasteiger charge is 2.18. The molecule has 0 saturated carbocycles. The molecule has 0 aliphatic rings. The number of aromatic amines is 1. The summed E-state index contributed by atoms with van der Waals surface area (Å²) in [5.74, 6) is 0.191. The Morgan fingerprint density at radius 2 is 2.00 bits per heavy atom. The van der Waals surface area contributed by atoms with Crippen molar-refractivity contribution in [1.82, 2.24) is 25.8 Å². The molecule has 0 fully saturated rings. The van der Waals surface area contributed by atoms with Crippen LogP contribution in [0.4, 0.5) is 4.79 Å². The maximum Gasteiger partial charge on any atom is 0.321 e. The number of carbonyl (C=O) groups excluding carboxylic acids is 2. The minimum absolute atomic E-state index is 0.402. The van der Waals surface area contributed by atoms with E-state index in [1.54, 1.807) is 6.92 Å². The number of aromatic nitrogens is 3. The summed E-state index contributed by atoms with van der Waals surface area (Å²) in [7, 11) is 1.45. The van der Waals surface area contributed by atoms with Crippen molar-refractivity contribution in [3.8, 4) is 0 Å². The molecule has 23 heavy (non-hydrogen) atoms. The van der Waals surface area contributed by atoms with Crippen molar-refractivity contribution >= 4 is 35.9 Å². The highest BCUT2D eigenvalue weighted by Crippen LogP contribution is 2.19. The molecule has 3 N–H and O–H groups in total. The lowest BCUT2D eigenvalue weighted by Crippen LogP contribution is -2.41. The number of nitrogens with zero attached hydrogens (tertiary/aromatic N) is 2. The van der Waals surface area contributed by atoms with Crippen molar-refractivity contribution in [2.45, 2.75) is 17.3 Å². The molecule has 0 aliphatic heterocycles. The van der Waals surface area contributed by atoms with Crippen LogP contribution in [0.3, 0.4) is 0 Å². The van der Waals surface area contributed by atoms with Gasteiger partial charge in [-0.2, -0.15) is 0 Å². The van der Waals surface area contributed by atoms with Crippen LogP contribution in [-0.2, 0) is 4.79 Å². The Hall–Kier alpha value is -2.61. The number of rotatable bonds is 5. The Balaban J connectivity index is 1.93. The van der Waals surface area contributed by atoms with Crippen LogP contribution >= 0.6 is 11.8 Å². The van der Waals surface area contributed by atoms with E-state index in [0.717, 1.165) is 5.56 Å². The first-order valence-corrected chi connectivity index (χ1v) is 7.81. The van der Waals surface area contributed by atoms with Crippen LogP contribution in [0.5, 0.6) is 0 Å². The van der Waals surface area contributed by atoms with Crippen molar-refractivity contribution in [2.24, 2.45) is 0 Å². The van der Waals surface area contributed by atoms with Gasteiger partial charge in [-0.1, -0.05) is 48.2 Å². The minimum Gasteiger partial charge on any atom is -0.341 e. The molecule has 2 rings (SSSR count). The second-order valence-electron chi connectivity index (χ2n) is 4.58. The van der Waals surface area contributed by atoms with Gasteiger partial charge in [0.05, 0.1) is 5.25 Å². The SMILES string of the molecule is CNC(=O)NC(=O)C(C)Sc1n[nH]c(/C=C/c2ccccc2)n1. The molecule has 1 aromatic carbocycles. The van der Waals surface area contributed by atoms with E-state index in [0.29, 0.717) is 11.0 Å². The maximum absolute atomic E-state index is 11.8. The molecule has 1 aromatic heterocycles. The fraction of sp³-hybridized carbons (Fsp3) is 0.200. The fourth-order valence-corrected chi connectivity index (χ4v) is 2.34. The first-order chi connectivity index (χ1) is 11.1. The number of hydrogen-bond donors (Lipinski definition) is 3. The third kappa shape index (κ3) is 5.26. The van der Waals surface area contributed by atoms with Gasteiger partial charge in [0.1, 0.15) is 5.82 Å². The zero-order valence-corrected chi connectivity index (χ0v) is 13.6. The Morgan fingerprint density at radius 1 is 1.26 bits per heavy atom. The molecule has 0 radical (unpaired) electrons. The Kier molecular flexibility index (Phi) is 5.93. The topological polar surface area (TPSA) is 99.8 Å². The van der Waals surface area contributed by atoms with E-state index in [-0.39, 0.29) is 0 Å². The van der Waals surface area contributed by atoms with Crippen molar-refractivity contribution < 1.29 is 9.59 Å². The number of H-pyrrole nitrogens is 1. The zero-order chi connectivity index (χ0) is 16.7. The van der Waals surface area contributed by atoms with E-state index in [1.165, 1.54) is 18.8 Å². The molecule has 0 saturated heterocycles. The molecule has 0 bridgehead atoms. The van der Waals surface area contributed by atoms with E-state index in [9.17, 15) is 9.59 Å². The Labute approximate surface area is 138 Å². The van der Waals surface area contributed by atoms with Crippen LogP contribution in [0.25, 0.3) is 12.2 Å². The van der Waals surface area contributed by atoms with E-state index in [1.807, 2.05) is 42.5 Å². The van der Waals surface area contributed by atoms with Crippen LogP contribution in [0.15, 0.2) is 35.5 Å². The first-order valence-electron chi connectivity index (χ1n) is 6.93. The molecule has 1 heterocycles. The quantitative estimate of drug-likeness (QED) is 0.727. The summed E-state index contributed by atoms with van der Waals surface area (Å²) in [6.45, 7) is 1.68. The molecule has 1 atom stereocenters. The third-order valence-electron chi connectivity index (χ3n) is 2.83. The number of carbonyl (C=O) groups is 2. The zero-order valence-electron chi connectivity index (χ0n) is 12.7. The smallest absolute Gasteiger partial charge is 0.321 e. The van der Waals surface area contributed by atoms with Crippen LogP contribution in [-0.4, -0.2) is 39.4 Å². The second-order valence-corrected chi connectivity index (χ2v) is 5.88. The van der Waals surface area contributed by atoms with Crippen molar-refractivity contribution in [1.29, 1.82) is 0 Å². The second kappa shape index (κ2) is 8.14. The molecule has 0 aliphatic carbocycles. The van der Waals surface area contributed by atoms with Crippen LogP contribution in [0.1, 0.15) is 18.3 Å². The number of amides is 3. The van der Waals surface area contributed by atoms with Gasteiger partial charge in [-0.05, 0) is 18.6 Å². The van der Waals surface area contributed by atoms with Crippen molar-refractivity contribution in [2.75, 3.05) is 7.05 Å². The Morgan fingerprint density at radius 3 is 2.70 bits per heavy atom. The van der Waals surface area contributed by atoms with Crippen molar-refractivity contribution in [3.63, 3.8) is 0 Å². The van der Waals surface area contributed by atoms with Crippen LogP contribution in [0.2, 0.25) is 0 Å². The van der Waals surface area contributed by atoms with Gasteiger partial charge in [-0.25, -0.2) is 9.78 Å². The lowest BCUT2D eigenvalue weighted by molar-refractivity contribution is -0.119. The lowest BCUT2D eigenvalue weighted by Gasteiger charge is -2.08. The number of benzene rings is 1. The Bertz CT molecular complexity index is 699. The molecule has 120 valence electrons. The van der Waals surface area contributed by atoms with Gasteiger partial charge in [-0.15, -0.1) is 5.10 Å². The van der Waals surface area contributed by atoms with Gasteiger partial charge in [0.15, 0.2) is 0 Å². The predicted molar refractivity (Wildman–Crippen MR) is 89.7 cm³/mol. The highest BCUT2D eigenvalue weighted by molar-refractivity contribution is 8.00. The van der Waals surface area contributed by atoms with Gasteiger partial charge >= 0.3 is 6.03 Å². The van der Waals surface area contributed by atoms with E-state index < -0.39 is 17.2 Å². The summed E-state index contributed by atoms with van der Waals surface area (Å²) in [5.41, 5.74) is 1.05. The van der Waals surface area contributed by atoms with E-state index in [2.05, 4.69) is 25.8 Å². The summed E-state index contributed by atoms with van der Waals surface area (Å²) in [6.07, 6.45) is 3.72. The van der Waals surface area contributed by atoms with Gasteiger partial charge in [0.25, 0.3) is 0 Å². The predicted octanol–water partition coefficient (Wildman–Crippen LogP) is 1.91. The van der Waals surface area contributed by atoms with E-state index >= 15 is 0 Å². The highest BCUT2D eigenvalue weighted by atomic mass is 32.2. The monoisotopic (exact) mass is 331 g/mol. The summed E-state index contributed by atoms with van der Waals surface area (Å²) in [4.78, 5) is 27.1. The maximum atomic E-state index is 11.8.